The Hall–Kier alpha value is -1.81. The van der Waals surface area contributed by atoms with Gasteiger partial charge >= 0.3 is 5.97 Å². The van der Waals surface area contributed by atoms with Crippen LogP contribution in [-0.4, -0.2) is 29.4 Å². The van der Waals surface area contributed by atoms with Crippen molar-refractivity contribution in [3.8, 4) is 0 Å². The quantitative estimate of drug-likeness (QED) is 0.883. The predicted octanol–water partition coefficient (Wildman–Crippen LogP) is 2.94. The van der Waals surface area contributed by atoms with E-state index in [0.717, 1.165) is 25.8 Å². The van der Waals surface area contributed by atoms with Gasteiger partial charge in [0, 0.05) is 29.7 Å². The van der Waals surface area contributed by atoms with Gasteiger partial charge in [-0.15, -0.1) is 0 Å². The van der Waals surface area contributed by atoms with Crippen molar-refractivity contribution in [2.24, 2.45) is 5.92 Å². The molecule has 1 heterocycles. The maximum absolute atomic E-state index is 11.8. The molecule has 0 fully saturated rings. The van der Waals surface area contributed by atoms with Gasteiger partial charge in [-0.3, -0.25) is 0 Å². The Balaban J connectivity index is 2.16. The van der Waals surface area contributed by atoms with E-state index >= 15 is 0 Å². The van der Waals surface area contributed by atoms with Crippen LogP contribution in [0.15, 0.2) is 18.2 Å². The number of aliphatic hydroxyl groups is 1. The van der Waals surface area contributed by atoms with E-state index in [1.54, 1.807) is 0 Å². The first kappa shape index (κ1) is 15.1. The summed E-state index contributed by atoms with van der Waals surface area (Å²) < 4.78 is 7.17. The zero-order valence-corrected chi connectivity index (χ0v) is 13.3. The Kier molecular flexibility index (Phi) is 4.21. The van der Waals surface area contributed by atoms with Crippen LogP contribution in [0.5, 0.6) is 0 Å². The van der Waals surface area contributed by atoms with E-state index in [0.29, 0.717) is 11.5 Å². The van der Waals surface area contributed by atoms with Crippen LogP contribution in [0, 0.1) is 5.92 Å². The standard InChI is InChI=1S/C18H23NO3/c1-12-4-6-16-14(10-12)15-11-13(18(21)22-2)5-7-17(15)19(16)8-3-9-20/h5,7,11-12,20H,3-4,6,8-10H2,1-2H3. The second-order valence-electron chi connectivity index (χ2n) is 6.23. The van der Waals surface area contributed by atoms with Crippen LogP contribution in [0.4, 0.5) is 0 Å². The van der Waals surface area contributed by atoms with Crippen LogP contribution < -0.4 is 0 Å². The van der Waals surface area contributed by atoms with Crippen molar-refractivity contribution >= 4 is 16.9 Å². The molecule has 2 aromatic rings. The minimum absolute atomic E-state index is 0.199. The monoisotopic (exact) mass is 301 g/mol. The summed E-state index contributed by atoms with van der Waals surface area (Å²) in [6.45, 7) is 3.31. The average Bonchev–Trinajstić information content (AvgIpc) is 2.84. The van der Waals surface area contributed by atoms with Crippen LogP contribution in [0.3, 0.4) is 0 Å². The molecule has 0 saturated heterocycles. The zero-order chi connectivity index (χ0) is 15.7. The van der Waals surface area contributed by atoms with Crippen LogP contribution >= 0.6 is 0 Å². The maximum atomic E-state index is 11.8. The van der Waals surface area contributed by atoms with Crippen molar-refractivity contribution in [3.63, 3.8) is 0 Å². The average molecular weight is 301 g/mol. The number of fused-ring (bicyclic) bond motifs is 3. The third kappa shape index (κ3) is 2.52. The molecule has 1 aromatic heterocycles. The topological polar surface area (TPSA) is 51.5 Å². The Bertz CT molecular complexity index is 702. The first-order chi connectivity index (χ1) is 10.7. The minimum Gasteiger partial charge on any atom is -0.465 e. The summed E-state index contributed by atoms with van der Waals surface area (Å²) >= 11 is 0. The summed E-state index contributed by atoms with van der Waals surface area (Å²) in [6.07, 6.45) is 4.09. The van der Waals surface area contributed by atoms with E-state index in [1.165, 1.54) is 35.7 Å². The minimum atomic E-state index is -0.289. The Labute approximate surface area is 130 Å². The van der Waals surface area contributed by atoms with Crippen molar-refractivity contribution in [2.75, 3.05) is 13.7 Å². The van der Waals surface area contributed by atoms with E-state index in [4.69, 9.17) is 9.84 Å². The number of hydrogen-bond acceptors (Lipinski definition) is 3. The molecule has 0 radical (unpaired) electrons. The van der Waals surface area contributed by atoms with Gasteiger partial charge in [0.1, 0.15) is 0 Å². The van der Waals surface area contributed by atoms with Gasteiger partial charge in [-0.05, 0) is 55.4 Å². The molecule has 1 atom stereocenters. The molecule has 118 valence electrons. The number of nitrogens with zero attached hydrogens (tertiary/aromatic N) is 1. The number of benzene rings is 1. The lowest BCUT2D eigenvalue weighted by molar-refractivity contribution is 0.0601. The van der Waals surface area contributed by atoms with Gasteiger partial charge < -0.3 is 14.4 Å². The lowest BCUT2D eigenvalue weighted by Crippen LogP contribution is -2.14. The van der Waals surface area contributed by atoms with Crippen LogP contribution in [0.25, 0.3) is 10.9 Å². The molecule has 1 unspecified atom stereocenters. The summed E-state index contributed by atoms with van der Waals surface area (Å²) in [5.74, 6) is 0.383. The van der Waals surface area contributed by atoms with E-state index in [-0.39, 0.29) is 12.6 Å². The highest BCUT2D eigenvalue weighted by molar-refractivity contribution is 5.96. The lowest BCUT2D eigenvalue weighted by Gasteiger charge is -2.20. The van der Waals surface area contributed by atoms with Gasteiger partial charge in [0.25, 0.3) is 0 Å². The lowest BCUT2D eigenvalue weighted by atomic mass is 9.87. The number of hydrogen-bond donors (Lipinski definition) is 1. The van der Waals surface area contributed by atoms with Gasteiger partial charge in [-0.2, -0.15) is 0 Å². The molecular formula is C18H23NO3. The third-order valence-electron chi connectivity index (χ3n) is 4.67. The predicted molar refractivity (Wildman–Crippen MR) is 86.2 cm³/mol. The summed E-state index contributed by atoms with van der Waals surface area (Å²) in [5, 5.41) is 10.3. The second kappa shape index (κ2) is 6.13. The van der Waals surface area contributed by atoms with E-state index < -0.39 is 0 Å². The van der Waals surface area contributed by atoms with Gasteiger partial charge in [-0.25, -0.2) is 4.79 Å². The number of carbonyl (C=O) groups is 1. The molecule has 22 heavy (non-hydrogen) atoms. The molecule has 4 nitrogen and oxygen atoms in total. The number of aryl methyl sites for hydroxylation is 1. The highest BCUT2D eigenvalue weighted by Crippen LogP contribution is 2.35. The van der Waals surface area contributed by atoms with Crippen molar-refractivity contribution in [2.45, 2.75) is 39.2 Å². The summed E-state index contributed by atoms with van der Waals surface area (Å²) in [6, 6.07) is 5.81. The van der Waals surface area contributed by atoms with Gasteiger partial charge in [0.15, 0.2) is 0 Å². The molecule has 1 aliphatic rings. The van der Waals surface area contributed by atoms with Gasteiger partial charge in [0.2, 0.25) is 0 Å². The SMILES string of the molecule is COC(=O)c1ccc2c(c1)c1c(n2CCCO)CCC(C)C1. The van der Waals surface area contributed by atoms with E-state index in [1.807, 2.05) is 18.2 Å². The number of methoxy groups -OCH3 is 1. The summed E-state index contributed by atoms with van der Waals surface area (Å²) in [7, 11) is 1.41. The number of esters is 1. The fourth-order valence-electron chi connectivity index (χ4n) is 3.55. The fraction of sp³-hybridized carbons (Fsp3) is 0.500. The van der Waals surface area contributed by atoms with Crippen LogP contribution in [0.1, 0.15) is 41.4 Å². The second-order valence-corrected chi connectivity index (χ2v) is 6.23. The zero-order valence-electron chi connectivity index (χ0n) is 13.3. The smallest absolute Gasteiger partial charge is 0.337 e. The number of carbonyl (C=O) groups excluding carboxylic acids is 1. The van der Waals surface area contributed by atoms with Gasteiger partial charge in [0.05, 0.1) is 12.7 Å². The molecule has 0 amide bonds. The van der Waals surface area contributed by atoms with E-state index in [9.17, 15) is 4.79 Å². The van der Waals surface area contributed by atoms with Crippen molar-refractivity contribution in [3.05, 3.63) is 35.0 Å². The number of aromatic nitrogens is 1. The first-order valence-electron chi connectivity index (χ1n) is 7.99. The Morgan fingerprint density at radius 2 is 2.27 bits per heavy atom. The van der Waals surface area contributed by atoms with Crippen molar-refractivity contribution in [1.29, 1.82) is 0 Å². The van der Waals surface area contributed by atoms with E-state index in [2.05, 4.69) is 11.5 Å². The maximum Gasteiger partial charge on any atom is 0.337 e. The van der Waals surface area contributed by atoms with Crippen LogP contribution in [-0.2, 0) is 24.1 Å². The summed E-state index contributed by atoms with van der Waals surface area (Å²) in [5.41, 5.74) is 4.52. The number of ether oxygens (including phenoxy) is 1. The van der Waals surface area contributed by atoms with Gasteiger partial charge in [-0.1, -0.05) is 6.92 Å². The first-order valence-corrected chi connectivity index (χ1v) is 7.99. The van der Waals surface area contributed by atoms with Crippen molar-refractivity contribution < 1.29 is 14.6 Å². The molecule has 3 rings (SSSR count). The van der Waals surface area contributed by atoms with Crippen LogP contribution in [0.2, 0.25) is 0 Å². The molecule has 1 aromatic carbocycles. The molecule has 0 spiro atoms. The highest BCUT2D eigenvalue weighted by atomic mass is 16.5. The third-order valence-corrected chi connectivity index (χ3v) is 4.67. The Morgan fingerprint density at radius 3 is 3.00 bits per heavy atom. The molecule has 1 N–H and O–H groups in total. The molecule has 0 bridgehead atoms. The van der Waals surface area contributed by atoms with Crippen molar-refractivity contribution in [1.82, 2.24) is 4.57 Å². The fourth-order valence-corrected chi connectivity index (χ4v) is 3.55. The molecule has 0 saturated carbocycles. The number of rotatable bonds is 4. The number of aliphatic hydroxyl groups excluding tert-OH is 1. The largest absolute Gasteiger partial charge is 0.465 e. The molecular weight excluding hydrogens is 278 g/mol. The molecule has 0 aliphatic heterocycles. The molecule has 4 heteroatoms. The molecule has 1 aliphatic carbocycles. The normalized spacial score (nSPS) is 17.5. The highest BCUT2D eigenvalue weighted by Gasteiger charge is 2.24. The summed E-state index contributed by atoms with van der Waals surface area (Å²) in [4.78, 5) is 11.8. The Morgan fingerprint density at radius 1 is 1.45 bits per heavy atom.